The lowest BCUT2D eigenvalue weighted by atomic mass is 9.59. The van der Waals surface area contributed by atoms with Gasteiger partial charge in [-0.1, -0.05) is 74.5 Å². The molecular weight excluding hydrogens is 372 g/mol. The van der Waals surface area contributed by atoms with Gasteiger partial charge < -0.3 is 9.64 Å². The summed E-state index contributed by atoms with van der Waals surface area (Å²) >= 11 is 0. The molecule has 2 aromatic carbocycles. The maximum Gasteiger partial charge on any atom is 0.302 e. The summed E-state index contributed by atoms with van der Waals surface area (Å²) in [6, 6.07) is 22.6. The monoisotopic (exact) mass is 406 g/mol. The molecule has 5 atom stereocenters. The minimum absolute atomic E-state index is 0.171. The lowest BCUT2D eigenvalue weighted by Gasteiger charge is -2.54. The molecule has 160 valence electrons. The van der Waals surface area contributed by atoms with E-state index in [1.807, 2.05) is 0 Å². The number of benzene rings is 2. The van der Waals surface area contributed by atoms with Crippen LogP contribution in [-0.2, 0) is 16.1 Å². The first kappa shape index (κ1) is 21.1. The Morgan fingerprint density at radius 2 is 1.67 bits per heavy atom. The molecule has 1 aliphatic heterocycles. The largest absolute Gasteiger partial charge is 0.466 e. The van der Waals surface area contributed by atoms with E-state index in [-0.39, 0.29) is 5.97 Å². The zero-order valence-electron chi connectivity index (χ0n) is 18.4. The highest BCUT2D eigenvalue weighted by molar-refractivity contribution is 5.65. The second kappa shape index (κ2) is 9.32. The van der Waals surface area contributed by atoms with Crippen molar-refractivity contribution in [3.05, 3.63) is 71.8 Å². The van der Waals surface area contributed by atoms with E-state index in [0.29, 0.717) is 36.4 Å². The van der Waals surface area contributed by atoms with Crippen molar-refractivity contribution in [3.63, 3.8) is 0 Å². The van der Waals surface area contributed by atoms with Crippen LogP contribution in [0.4, 0.5) is 0 Å². The third-order valence-corrected chi connectivity index (χ3v) is 7.16. The van der Waals surface area contributed by atoms with E-state index in [0.717, 1.165) is 26.2 Å². The van der Waals surface area contributed by atoms with Gasteiger partial charge in [0.25, 0.3) is 0 Å². The number of fused-ring (bicyclic) bond motifs is 1. The van der Waals surface area contributed by atoms with Crippen molar-refractivity contribution in [1.29, 1.82) is 0 Å². The lowest BCUT2D eigenvalue weighted by Crippen LogP contribution is -2.61. The fraction of sp³-hybridized carbons (Fsp3) is 0.500. The number of hydrogen-bond acceptors (Lipinski definition) is 4. The minimum Gasteiger partial charge on any atom is -0.466 e. The topological polar surface area (TPSA) is 32.8 Å². The van der Waals surface area contributed by atoms with Gasteiger partial charge in [0.1, 0.15) is 0 Å². The quantitative estimate of drug-likeness (QED) is 0.609. The van der Waals surface area contributed by atoms with E-state index in [2.05, 4.69) is 84.3 Å². The van der Waals surface area contributed by atoms with Crippen LogP contribution in [0.2, 0.25) is 0 Å². The molecule has 0 radical (unpaired) electrons. The SMILES string of the molecule is CCN(CC)[C@H]1[C@H](COC(C)=O)[C@@H]2CN(Cc3ccccc3)[C@@H](c3ccccc3)[C@@H]21. The van der Waals surface area contributed by atoms with Crippen LogP contribution in [0.1, 0.15) is 37.9 Å². The summed E-state index contributed by atoms with van der Waals surface area (Å²) in [7, 11) is 0. The van der Waals surface area contributed by atoms with Gasteiger partial charge in [0.2, 0.25) is 0 Å². The highest BCUT2D eigenvalue weighted by atomic mass is 16.5. The number of rotatable bonds is 8. The summed E-state index contributed by atoms with van der Waals surface area (Å²) in [5, 5.41) is 0. The van der Waals surface area contributed by atoms with Gasteiger partial charge in [0.15, 0.2) is 0 Å². The minimum atomic E-state index is -0.171. The van der Waals surface area contributed by atoms with Gasteiger partial charge in [0, 0.05) is 38.0 Å². The fourth-order valence-electron chi connectivity index (χ4n) is 5.90. The molecule has 2 aliphatic rings. The highest BCUT2D eigenvalue weighted by Gasteiger charge is 2.60. The van der Waals surface area contributed by atoms with Crippen molar-refractivity contribution in [3.8, 4) is 0 Å². The molecule has 1 saturated heterocycles. The Labute approximate surface area is 180 Å². The van der Waals surface area contributed by atoms with E-state index in [4.69, 9.17) is 4.74 Å². The molecule has 4 nitrogen and oxygen atoms in total. The van der Waals surface area contributed by atoms with E-state index >= 15 is 0 Å². The molecule has 0 aromatic heterocycles. The van der Waals surface area contributed by atoms with Crippen molar-refractivity contribution < 1.29 is 9.53 Å². The smallest absolute Gasteiger partial charge is 0.302 e. The molecule has 1 aliphatic carbocycles. The first-order valence-corrected chi connectivity index (χ1v) is 11.3. The molecule has 30 heavy (non-hydrogen) atoms. The molecule has 0 spiro atoms. The summed E-state index contributed by atoms with van der Waals surface area (Å²) in [6.07, 6.45) is 0. The molecule has 4 heteroatoms. The Hall–Kier alpha value is -2.17. The number of ether oxygens (including phenoxy) is 1. The number of hydrogen-bond donors (Lipinski definition) is 0. The first-order chi connectivity index (χ1) is 14.6. The Balaban J connectivity index is 1.65. The second-order valence-corrected chi connectivity index (χ2v) is 8.69. The van der Waals surface area contributed by atoms with E-state index in [9.17, 15) is 4.79 Å². The molecule has 2 fully saturated rings. The van der Waals surface area contributed by atoms with Crippen LogP contribution in [0.3, 0.4) is 0 Å². The summed E-state index contributed by atoms with van der Waals surface area (Å²) in [5.41, 5.74) is 2.76. The van der Waals surface area contributed by atoms with Gasteiger partial charge >= 0.3 is 5.97 Å². The molecule has 0 unspecified atom stereocenters. The molecule has 1 heterocycles. The van der Waals surface area contributed by atoms with E-state index in [1.165, 1.54) is 18.1 Å². The van der Waals surface area contributed by atoms with Gasteiger partial charge in [0.05, 0.1) is 6.61 Å². The standard InChI is InChI=1S/C26H34N2O2/c1-4-27(5-2)26-23(18-30-19(3)29)22-17-28(16-20-12-8-6-9-13-20)25(24(22)26)21-14-10-7-11-15-21/h6-15,22-26H,4-5,16-18H2,1-3H3/t22-,23+,24+,25-,26-/m0/s1. The molecule has 0 amide bonds. The van der Waals surface area contributed by atoms with Crippen LogP contribution in [0.15, 0.2) is 60.7 Å². The Bertz CT molecular complexity index is 821. The third-order valence-electron chi connectivity index (χ3n) is 7.16. The zero-order chi connectivity index (χ0) is 21.1. The van der Waals surface area contributed by atoms with Gasteiger partial charge in [-0.25, -0.2) is 0 Å². The lowest BCUT2D eigenvalue weighted by molar-refractivity contribution is -0.149. The molecule has 0 bridgehead atoms. The third kappa shape index (κ3) is 4.03. The summed E-state index contributed by atoms with van der Waals surface area (Å²) in [6.45, 7) is 10.6. The van der Waals surface area contributed by atoms with Crippen molar-refractivity contribution in [2.24, 2.45) is 17.8 Å². The van der Waals surface area contributed by atoms with Crippen LogP contribution in [0.5, 0.6) is 0 Å². The Morgan fingerprint density at radius 1 is 1.03 bits per heavy atom. The normalized spacial score (nSPS) is 28.2. The molecule has 2 aromatic rings. The zero-order valence-corrected chi connectivity index (χ0v) is 18.4. The average molecular weight is 407 g/mol. The average Bonchev–Trinajstić information content (AvgIpc) is 3.07. The van der Waals surface area contributed by atoms with Gasteiger partial charge in [-0.3, -0.25) is 9.69 Å². The van der Waals surface area contributed by atoms with Crippen molar-refractivity contribution in [2.45, 2.75) is 39.4 Å². The van der Waals surface area contributed by atoms with Crippen LogP contribution < -0.4 is 0 Å². The molecule has 4 rings (SSSR count). The van der Waals surface area contributed by atoms with Crippen LogP contribution in [0, 0.1) is 17.8 Å². The van der Waals surface area contributed by atoms with E-state index in [1.54, 1.807) is 0 Å². The van der Waals surface area contributed by atoms with Crippen LogP contribution in [0.25, 0.3) is 0 Å². The predicted molar refractivity (Wildman–Crippen MR) is 120 cm³/mol. The number of nitrogens with zero attached hydrogens (tertiary/aromatic N) is 2. The number of carbonyl (C=O) groups is 1. The molecular formula is C26H34N2O2. The maximum atomic E-state index is 11.5. The predicted octanol–water partition coefficient (Wildman–Crippen LogP) is 4.38. The number of carbonyl (C=O) groups excluding carboxylic acids is 1. The van der Waals surface area contributed by atoms with E-state index < -0.39 is 0 Å². The molecule has 1 saturated carbocycles. The number of likely N-dealkylation sites (tertiary alicyclic amines) is 1. The summed E-state index contributed by atoms with van der Waals surface area (Å²) < 4.78 is 5.53. The maximum absolute atomic E-state index is 11.5. The Kier molecular flexibility index (Phi) is 6.55. The Morgan fingerprint density at radius 3 is 2.27 bits per heavy atom. The van der Waals surface area contributed by atoms with Crippen LogP contribution in [-0.4, -0.2) is 48.1 Å². The fourth-order valence-corrected chi connectivity index (χ4v) is 5.90. The summed E-state index contributed by atoms with van der Waals surface area (Å²) in [4.78, 5) is 16.8. The van der Waals surface area contributed by atoms with Crippen molar-refractivity contribution in [1.82, 2.24) is 9.80 Å². The first-order valence-electron chi connectivity index (χ1n) is 11.3. The van der Waals surface area contributed by atoms with Crippen molar-refractivity contribution in [2.75, 3.05) is 26.2 Å². The highest BCUT2D eigenvalue weighted by Crippen LogP contribution is 2.57. The number of esters is 1. The summed E-state index contributed by atoms with van der Waals surface area (Å²) in [5.74, 6) is 1.36. The van der Waals surface area contributed by atoms with Gasteiger partial charge in [-0.05, 0) is 36.1 Å². The second-order valence-electron chi connectivity index (χ2n) is 8.69. The molecule has 0 N–H and O–H groups in total. The van der Waals surface area contributed by atoms with Crippen molar-refractivity contribution >= 4 is 5.97 Å². The van der Waals surface area contributed by atoms with Gasteiger partial charge in [-0.2, -0.15) is 0 Å². The van der Waals surface area contributed by atoms with Gasteiger partial charge in [-0.15, -0.1) is 0 Å². The van der Waals surface area contributed by atoms with Crippen LogP contribution >= 0.6 is 0 Å².